The van der Waals surface area contributed by atoms with E-state index < -0.39 is 0 Å². The van der Waals surface area contributed by atoms with Crippen LogP contribution in [0.15, 0.2) is 31.8 Å². The average Bonchev–Trinajstić information content (AvgIpc) is 2.77. The lowest BCUT2D eigenvalue weighted by atomic mass is 10.2. The van der Waals surface area contributed by atoms with E-state index in [0.717, 1.165) is 14.0 Å². The predicted octanol–water partition coefficient (Wildman–Crippen LogP) is 5.97. The average molecular weight is 454 g/mol. The molecule has 0 saturated heterocycles. The molecule has 0 radical (unpaired) electrons. The van der Waals surface area contributed by atoms with E-state index >= 15 is 0 Å². The van der Waals surface area contributed by atoms with Gasteiger partial charge in [-0.1, -0.05) is 18.5 Å². The van der Waals surface area contributed by atoms with E-state index in [-0.39, 0.29) is 5.91 Å². The third kappa shape index (κ3) is 4.45. The highest BCUT2D eigenvalue weighted by molar-refractivity contribution is 9.12. The van der Waals surface area contributed by atoms with Gasteiger partial charge in [-0.3, -0.25) is 4.79 Å². The molecule has 1 amide bonds. The molecule has 2 rings (SSSR count). The van der Waals surface area contributed by atoms with Gasteiger partial charge in [0, 0.05) is 5.02 Å². The van der Waals surface area contributed by atoms with Crippen LogP contribution in [0, 0.1) is 0 Å². The maximum absolute atomic E-state index is 12.3. The van der Waals surface area contributed by atoms with Crippen molar-refractivity contribution in [3.8, 4) is 5.75 Å². The second-order valence-electron chi connectivity index (χ2n) is 4.18. The summed E-state index contributed by atoms with van der Waals surface area (Å²) in [6.45, 7) is 2.60. The Morgan fingerprint density at radius 2 is 2.14 bits per heavy atom. The third-order valence-corrected chi connectivity index (χ3v) is 5.13. The van der Waals surface area contributed by atoms with Gasteiger partial charge >= 0.3 is 0 Å². The lowest BCUT2D eigenvalue weighted by Crippen LogP contribution is -2.12. The molecule has 1 heterocycles. The standard InChI is InChI=1S/C14H12Br2ClNO2S/c1-2-5-20-11-4-3-8(17)6-10(11)18-14(19)9-7-12(15)21-13(9)16/h3-4,6-7H,2,5H2,1H3,(H,18,19). The number of rotatable bonds is 5. The van der Waals surface area contributed by atoms with Crippen molar-refractivity contribution >= 4 is 66.4 Å². The fourth-order valence-electron chi connectivity index (χ4n) is 1.62. The summed E-state index contributed by atoms with van der Waals surface area (Å²) in [7, 11) is 0. The van der Waals surface area contributed by atoms with Gasteiger partial charge in [0.25, 0.3) is 5.91 Å². The Balaban J connectivity index is 2.23. The van der Waals surface area contributed by atoms with Gasteiger partial charge in [0.15, 0.2) is 0 Å². The van der Waals surface area contributed by atoms with Gasteiger partial charge in [0.05, 0.1) is 25.4 Å². The summed E-state index contributed by atoms with van der Waals surface area (Å²) in [5, 5.41) is 3.38. The van der Waals surface area contributed by atoms with E-state index in [9.17, 15) is 4.79 Å². The Morgan fingerprint density at radius 1 is 1.38 bits per heavy atom. The van der Waals surface area contributed by atoms with Crippen LogP contribution >= 0.6 is 54.8 Å². The van der Waals surface area contributed by atoms with Gasteiger partial charge in [-0.05, 0) is 62.5 Å². The van der Waals surface area contributed by atoms with Crippen LogP contribution in [0.4, 0.5) is 5.69 Å². The number of thiophene rings is 1. The highest BCUT2D eigenvalue weighted by Crippen LogP contribution is 2.34. The first-order valence-corrected chi connectivity index (χ1v) is 8.98. The molecule has 0 spiro atoms. The van der Waals surface area contributed by atoms with Crippen LogP contribution in [0.2, 0.25) is 5.02 Å². The van der Waals surface area contributed by atoms with Crippen LogP contribution in [0.3, 0.4) is 0 Å². The molecule has 3 nitrogen and oxygen atoms in total. The van der Waals surface area contributed by atoms with Crippen molar-refractivity contribution in [3.63, 3.8) is 0 Å². The second kappa shape index (κ2) is 7.63. The van der Waals surface area contributed by atoms with Gasteiger partial charge in [0.2, 0.25) is 0 Å². The minimum atomic E-state index is -0.215. The highest BCUT2D eigenvalue weighted by Gasteiger charge is 2.16. The number of benzene rings is 1. The number of carbonyl (C=O) groups is 1. The molecule has 2 aromatic rings. The zero-order chi connectivity index (χ0) is 15.4. The molecular formula is C14H12Br2ClNO2S. The molecule has 0 bridgehead atoms. The number of amides is 1. The minimum absolute atomic E-state index is 0.215. The van der Waals surface area contributed by atoms with Crippen molar-refractivity contribution in [1.29, 1.82) is 0 Å². The summed E-state index contributed by atoms with van der Waals surface area (Å²) in [6, 6.07) is 6.94. The highest BCUT2D eigenvalue weighted by atomic mass is 79.9. The maximum atomic E-state index is 12.3. The van der Waals surface area contributed by atoms with Crippen molar-refractivity contribution in [2.24, 2.45) is 0 Å². The number of ether oxygens (including phenoxy) is 1. The number of halogens is 3. The predicted molar refractivity (Wildman–Crippen MR) is 94.9 cm³/mol. The van der Waals surface area contributed by atoms with Crippen LogP contribution < -0.4 is 10.1 Å². The Labute approximate surface area is 148 Å². The molecule has 0 aliphatic rings. The molecule has 21 heavy (non-hydrogen) atoms. The van der Waals surface area contributed by atoms with Crippen LogP contribution in [0.25, 0.3) is 0 Å². The van der Waals surface area contributed by atoms with Crippen LogP contribution in [-0.2, 0) is 0 Å². The van der Waals surface area contributed by atoms with E-state index in [1.807, 2.05) is 6.92 Å². The molecule has 112 valence electrons. The Morgan fingerprint density at radius 3 is 2.76 bits per heavy atom. The van der Waals surface area contributed by atoms with Gasteiger partial charge in [-0.15, -0.1) is 11.3 Å². The van der Waals surface area contributed by atoms with E-state index in [2.05, 4.69) is 37.2 Å². The first-order valence-electron chi connectivity index (χ1n) is 6.19. The SMILES string of the molecule is CCCOc1ccc(Cl)cc1NC(=O)c1cc(Br)sc1Br. The van der Waals surface area contributed by atoms with E-state index in [4.69, 9.17) is 16.3 Å². The summed E-state index contributed by atoms with van der Waals surface area (Å²) in [6.07, 6.45) is 0.888. The topological polar surface area (TPSA) is 38.3 Å². The fourth-order valence-corrected chi connectivity index (χ4v) is 4.59. The number of hydrogen-bond acceptors (Lipinski definition) is 3. The first-order chi connectivity index (χ1) is 10.0. The van der Waals surface area contributed by atoms with Crippen LogP contribution in [-0.4, -0.2) is 12.5 Å². The number of carbonyl (C=O) groups excluding carboxylic acids is 1. The van der Waals surface area contributed by atoms with Gasteiger partial charge in [-0.25, -0.2) is 0 Å². The smallest absolute Gasteiger partial charge is 0.257 e. The van der Waals surface area contributed by atoms with Crippen molar-refractivity contribution < 1.29 is 9.53 Å². The zero-order valence-corrected chi connectivity index (χ0v) is 15.8. The quantitative estimate of drug-likeness (QED) is 0.606. The van der Waals surface area contributed by atoms with Crippen molar-refractivity contribution in [2.45, 2.75) is 13.3 Å². The number of hydrogen-bond donors (Lipinski definition) is 1. The molecule has 1 N–H and O–H groups in total. The second-order valence-corrected chi connectivity index (χ2v) is 8.37. The summed E-state index contributed by atoms with van der Waals surface area (Å²) in [5.41, 5.74) is 1.13. The molecule has 0 unspecified atom stereocenters. The number of nitrogens with one attached hydrogen (secondary N) is 1. The number of anilines is 1. The molecule has 0 aliphatic carbocycles. The van der Waals surface area contributed by atoms with E-state index in [1.54, 1.807) is 24.3 Å². The summed E-state index contributed by atoms with van der Waals surface area (Å²) in [5.74, 6) is 0.396. The molecule has 0 fully saturated rings. The monoisotopic (exact) mass is 451 g/mol. The van der Waals surface area contributed by atoms with Gasteiger partial charge < -0.3 is 10.1 Å². The summed E-state index contributed by atoms with van der Waals surface area (Å²) >= 11 is 14.2. The van der Waals surface area contributed by atoms with Crippen molar-refractivity contribution in [1.82, 2.24) is 0 Å². The minimum Gasteiger partial charge on any atom is -0.491 e. The normalized spacial score (nSPS) is 10.5. The fraction of sp³-hybridized carbons (Fsp3) is 0.214. The molecule has 1 aromatic heterocycles. The Kier molecular flexibility index (Phi) is 6.10. The Hall–Kier alpha value is -0.560. The molecule has 1 aromatic carbocycles. The largest absolute Gasteiger partial charge is 0.491 e. The summed E-state index contributed by atoms with van der Waals surface area (Å²) in [4.78, 5) is 12.3. The molecule has 0 saturated carbocycles. The van der Waals surface area contributed by atoms with Crippen molar-refractivity contribution in [2.75, 3.05) is 11.9 Å². The van der Waals surface area contributed by atoms with E-state index in [0.29, 0.717) is 28.6 Å². The Bertz CT molecular complexity index is 660. The zero-order valence-electron chi connectivity index (χ0n) is 11.1. The molecule has 0 aliphatic heterocycles. The molecule has 7 heteroatoms. The lowest BCUT2D eigenvalue weighted by molar-refractivity contribution is 0.102. The van der Waals surface area contributed by atoms with Crippen molar-refractivity contribution in [3.05, 3.63) is 42.4 Å². The van der Waals surface area contributed by atoms with Gasteiger partial charge in [-0.2, -0.15) is 0 Å². The lowest BCUT2D eigenvalue weighted by Gasteiger charge is -2.12. The van der Waals surface area contributed by atoms with E-state index in [1.165, 1.54) is 11.3 Å². The summed E-state index contributed by atoms with van der Waals surface area (Å²) < 4.78 is 7.27. The maximum Gasteiger partial charge on any atom is 0.257 e. The molecule has 0 atom stereocenters. The first kappa shape index (κ1) is 16.8. The van der Waals surface area contributed by atoms with Gasteiger partial charge in [0.1, 0.15) is 5.75 Å². The van der Waals surface area contributed by atoms with Crippen LogP contribution in [0.1, 0.15) is 23.7 Å². The third-order valence-electron chi connectivity index (χ3n) is 2.55. The molecular weight excluding hydrogens is 441 g/mol. The van der Waals surface area contributed by atoms with Crippen LogP contribution in [0.5, 0.6) is 5.75 Å².